The number of alkyl halides is 1. The van der Waals surface area contributed by atoms with Gasteiger partial charge in [0.15, 0.2) is 0 Å². The molecule has 4 heteroatoms. The minimum atomic E-state index is -0.376. The molecule has 2 saturated carbocycles. The summed E-state index contributed by atoms with van der Waals surface area (Å²) in [4.78, 5) is 17.4. The molecule has 2 aliphatic carbocycles. The van der Waals surface area contributed by atoms with E-state index in [1.807, 2.05) is 19.1 Å². The molecule has 1 aromatic rings. The number of benzene rings is 1. The molecule has 118 valence electrons. The van der Waals surface area contributed by atoms with Crippen LogP contribution in [-0.4, -0.2) is 17.0 Å². The minimum Gasteiger partial charge on any atom is -0.313 e. The average Bonchev–Trinajstić information content (AvgIpc) is 2.89. The van der Waals surface area contributed by atoms with Gasteiger partial charge in [-0.05, 0) is 49.7 Å². The topological polar surface area (TPSA) is 38.7 Å². The number of hydrogen-bond acceptors (Lipinski definition) is 3. The lowest BCUT2D eigenvalue weighted by atomic mass is 9.70. The van der Waals surface area contributed by atoms with Crippen molar-refractivity contribution in [2.75, 3.05) is 5.33 Å². The molecule has 2 aliphatic rings. The second kappa shape index (κ2) is 5.48. The number of rotatable bonds is 3. The van der Waals surface area contributed by atoms with Crippen molar-refractivity contribution in [1.82, 2.24) is 0 Å². The lowest BCUT2D eigenvalue weighted by Gasteiger charge is -2.36. The van der Waals surface area contributed by atoms with Gasteiger partial charge in [0, 0.05) is 10.7 Å². The Morgan fingerprint density at radius 2 is 2.05 bits per heavy atom. The van der Waals surface area contributed by atoms with Crippen molar-refractivity contribution < 1.29 is 9.63 Å². The van der Waals surface area contributed by atoms with Crippen molar-refractivity contribution in [3.63, 3.8) is 0 Å². The molecule has 3 unspecified atom stereocenters. The predicted octanol–water partition coefficient (Wildman–Crippen LogP) is 4.73. The molecule has 0 amide bonds. The summed E-state index contributed by atoms with van der Waals surface area (Å²) in [5, 5.41) is 5.23. The number of nitrogens with zero attached hydrogens (tertiary/aromatic N) is 1. The van der Waals surface area contributed by atoms with Crippen LogP contribution in [0.1, 0.15) is 49.0 Å². The van der Waals surface area contributed by atoms with Gasteiger partial charge in [0.25, 0.3) is 0 Å². The van der Waals surface area contributed by atoms with Crippen LogP contribution in [0.3, 0.4) is 0 Å². The van der Waals surface area contributed by atoms with Crippen molar-refractivity contribution >= 4 is 27.6 Å². The molecule has 3 atom stereocenters. The number of carbonyl (C=O) groups excluding carboxylic acids is 1. The first-order chi connectivity index (χ1) is 10.4. The Morgan fingerprint density at radius 3 is 2.64 bits per heavy atom. The van der Waals surface area contributed by atoms with E-state index < -0.39 is 0 Å². The number of halogens is 1. The summed E-state index contributed by atoms with van der Waals surface area (Å²) >= 11 is 3.68. The number of hydrogen-bond donors (Lipinski definition) is 0. The third-order valence-corrected chi connectivity index (χ3v) is 7.20. The Balaban J connectivity index is 1.77. The number of carbonyl (C=O) groups is 1. The molecule has 2 fully saturated rings. The van der Waals surface area contributed by atoms with Gasteiger partial charge in [0.2, 0.25) is 0 Å². The second-order valence-electron chi connectivity index (χ2n) is 7.11. The van der Waals surface area contributed by atoms with Gasteiger partial charge in [-0.1, -0.05) is 52.6 Å². The molecule has 0 aromatic heterocycles. The highest BCUT2D eigenvalue weighted by molar-refractivity contribution is 9.09. The van der Waals surface area contributed by atoms with Crippen LogP contribution in [0.25, 0.3) is 0 Å². The average molecular weight is 364 g/mol. The van der Waals surface area contributed by atoms with E-state index in [0.29, 0.717) is 11.5 Å². The number of fused-ring (bicyclic) bond motifs is 2. The maximum Gasteiger partial charge on any atom is 0.365 e. The van der Waals surface area contributed by atoms with Gasteiger partial charge < -0.3 is 4.84 Å². The highest BCUT2D eigenvalue weighted by atomic mass is 79.9. The van der Waals surface area contributed by atoms with E-state index in [1.54, 1.807) is 12.1 Å². The smallest absolute Gasteiger partial charge is 0.313 e. The molecule has 3 nitrogen and oxygen atoms in total. The highest BCUT2D eigenvalue weighted by Gasteiger charge is 2.62. The summed E-state index contributed by atoms with van der Waals surface area (Å²) in [5.41, 5.74) is 2.96. The van der Waals surface area contributed by atoms with Crippen molar-refractivity contribution in [3.8, 4) is 0 Å². The van der Waals surface area contributed by atoms with Crippen LogP contribution in [0.2, 0.25) is 0 Å². The fraction of sp³-hybridized carbons (Fsp3) is 0.556. The zero-order valence-electron chi connectivity index (χ0n) is 13.4. The molecule has 2 bridgehead atoms. The summed E-state index contributed by atoms with van der Waals surface area (Å²) in [6.07, 6.45) is 3.31. The molecule has 3 rings (SSSR count). The van der Waals surface area contributed by atoms with Gasteiger partial charge in [-0.15, -0.1) is 0 Å². The van der Waals surface area contributed by atoms with Crippen LogP contribution in [0, 0.1) is 23.7 Å². The SMILES string of the molecule is Cc1ccc(C(=O)ON=C2CC3CCC2(C)C3(C)CBr)cc1. The first kappa shape index (κ1) is 15.7. The lowest BCUT2D eigenvalue weighted by molar-refractivity contribution is 0.0508. The van der Waals surface area contributed by atoms with Gasteiger partial charge in [-0.2, -0.15) is 0 Å². The van der Waals surface area contributed by atoms with Crippen molar-refractivity contribution in [2.24, 2.45) is 21.9 Å². The van der Waals surface area contributed by atoms with Gasteiger partial charge >= 0.3 is 5.97 Å². The molecule has 0 aliphatic heterocycles. The molecular formula is C18H22BrNO2. The quantitative estimate of drug-likeness (QED) is 0.442. The fourth-order valence-electron chi connectivity index (χ4n) is 4.01. The van der Waals surface area contributed by atoms with E-state index in [2.05, 4.69) is 34.9 Å². The molecule has 0 N–H and O–H groups in total. The number of oxime groups is 1. The van der Waals surface area contributed by atoms with Crippen molar-refractivity contribution in [2.45, 2.75) is 40.0 Å². The highest BCUT2D eigenvalue weighted by Crippen LogP contribution is 2.64. The molecule has 0 heterocycles. The number of aryl methyl sites for hydroxylation is 1. The minimum absolute atomic E-state index is 0.0364. The van der Waals surface area contributed by atoms with Crippen LogP contribution in [0.5, 0.6) is 0 Å². The standard InChI is InChI=1S/C18H22BrNO2/c1-12-4-6-13(7-5-12)16(21)22-20-15-10-14-8-9-17(15,2)18(14,3)11-19/h4-7,14H,8-11H2,1-3H3. The Hall–Kier alpha value is -1.16. The summed E-state index contributed by atoms with van der Waals surface area (Å²) in [6, 6.07) is 7.38. The first-order valence-corrected chi connectivity index (χ1v) is 8.94. The van der Waals surface area contributed by atoms with Gasteiger partial charge in [0.1, 0.15) is 0 Å². The third kappa shape index (κ3) is 2.23. The summed E-state index contributed by atoms with van der Waals surface area (Å²) in [6.45, 7) is 6.58. The maximum atomic E-state index is 12.1. The summed E-state index contributed by atoms with van der Waals surface area (Å²) < 4.78 is 0. The van der Waals surface area contributed by atoms with E-state index in [0.717, 1.165) is 29.4 Å². The Labute approximate surface area is 140 Å². The molecule has 22 heavy (non-hydrogen) atoms. The Kier molecular flexibility index (Phi) is 3.92. The molecule has 0 saturated heterocycles. The molecular weight excluding hydrogens is 342 g/mol. The predicted molar refractivity (Wildman–Crippen MR) is 91.4 cm³/mol. The zero-order chi connectivity index (χ0) is 16.0. The van der Waals surface area contributed by atoms with Gasteiger partial charge in [-0.3, -0.25) is 0 Å². The van der Waals surface area contributed by atoms with Gasteiger partial charge in [0.05, 0.1) is 11.3 Å². The van der Waals surface area contributed by atoms with E-state index in [1.165, 1.54) is 6.42 Å². The van der Waals surface area contributed by atoms with E-state index >= 15 is 0 Å². The fourth-order valence-corrected chi connectivity index (χ4v) is 5.09. The Morgan fingerprint density at radius 1 is 1.36 bits per heavy atom. The van der Waals surface area contributed by atoms with Crippen LogP contribution >= 0.6 is 15.9 Å². The maximum absolute atomic E-state index is 12.1. The molecule has 0 radical (unpaired) electrons. The Bertz CT molecular complexity index is 624. The normalized spacial score (nSPS) is 35.1. The van der Waals surface area contributed by atoms with E-state index in [9.17, 15) is 4.79 Å². The third-order valence-electron chi connectivity index (χ3n) is 6.03. The summed E-state index contributed by atoms with van der Waals surface area (Å²) in [5.74, 6) is 0.258. The van der Waals surface area contributed by atoms with E-state index in [4.69, 9.17) is 4.84 Å². The van der Waals surface area contributed by atoms with Gasteiger partial charge in [-0.25, -0.2) is 4.79 Å². The molecule has 0 spiro atoms. The second-order valence-corrected chi connectivity index (χ2v) is 7.67. The summed E-state index contributed by atoms with van der Waals surface area (Å²) in [7, 11) is 0. The van der Waals surface area contributed by atoms with Crippen LogP contribution in [-0.2, 0) is 4.84 Å². The largest absolute Gasteiger partial charge is 0.365 e. The monoisotopic (exact) mass is 363 g/mol. The molecule has 1 aromatic carbocycles. The zero-order valence-corrected chi connectivity index (χ0v) is 14.9. The van der Waals surface area contributed by atoms with Crippen molar-refractivity contribution in [1.29, 1.82) is 0 Å². The van der Waals surface area contributed by atoms with Crippen LogP contribution < -0.4 is 0 Å². The van der Waals surface area contributed by atoms with Crippen molar-refractivity contribution in [3.05, 3.63) is 35.4 Å². The van der Waals surface area contributed by atoms with E-state index in [-0.39, 0.29) is 16.8 Å². The lowest BCUT2D eigenvalue weighted by Crippen LogP contribution is -2.36. The van der Waals surface area contributed by atoms with Crippen LogP contribution in [0.4, 0.5) is 0 Å². The first-order valence-electron chi connectivity index (χ1n) is 7.82. The van der Waals surface area contributed by atoms with Crippen LogP contribution in [0.15, 0.2) is 29.4 Å².